The summed E-state index contributed by atoms with van der Waals surface area (Å²) >= 11 is 0. The number of carbonyl (C=O) groups is 1. The fourth-order valence-electron chi connectivity index (χ4n) is 4.02. The van der Waals surface area contributed by atoms with E-state index in [4.69, 9.17) is 0 Å². The van der Waals surface area contributed by atoms with Gasteiger partial charge in [-0.3, -0.25) is 9.78 Å². The minimum atomic E-state index is -3.34. The van der Waals surface area contributed by atoms with Crippen molar-refractivity contribution in [3.63, 3.8) is 0 Å². The highest BCUT2D eigenvalue weighted by Gasteiger charge is 2.48. The quantitative estimate of drug-likeness (QED) is 0.793. The molecular weight excluding hydrogens is 390 g/mol. The first-order valence-corrected chi connectivity index (χ1v) is 11.5. The second kappa shape index (κ2) is 7.70. The lowest BCUT2D eigenvalue weighted by Gasteiger charge is -2.26. The maximum absolute atomic E-state index is 12.8. The number of nitrogens with one attached hydrogen (secondary N) is 1. The summed E-state index contributed by atoms with van der Waals surface area (Å²) in [5.74, 6) is 0.307. The SMILES string of the molecule is CC(C)CC(=O)N1C[C@@H]2c3nc(NCc4ccccn4)ncc3CS(=O)(=O)[C@@H]2C1. The van der Waals surface area contributed by atoms with Crippen LogP contribution in [0, 0.1) is 5.92 Å². The van der Waals surface area contributed by atoms with Gasteiger partial charge >= 0.3 is 0 Å². The minimum Gasteiger partial charge on any atom is -0.349 e. The number of fused-ring (bicyclic) bond motifs is 3. The molecular formula is C20H25N5O3S. The summed E-state index contributed by atoms with van der Waals surface area (Å²) in [6, 6.07) is 5.67. The second-order valence-electron chi connectivity index (χ2n) is 8.13. The Morgan fingerprint density at radius 1 is 1.28 bits per heavy atom. The van der Waals surface area contributed by atoms with E-state index in [0.717, 1.165) is 11.4 Å². The lowest BCUT2D eigenvalue weighted by Crippen LogP contribution is -2.36. The maximum Gasteiger partial charge on any atom is 0.223 e. The molecule has 0 radical (unpaired) electrons. The Kier molecular flexibility index (Phi) is 5.24. The number of rotatable bonds is 5. The first-order chi connectivity index (χ1) is 13.8. The Morgan fingerprint density at radius 2 is 2.10 bits per heavy atom. The van der Waals surface area contributed by atoms with Crippen molar-refractivity contribution in [2.45, 2.75) is 43.7 Å². The molecule has 1 amide bonds. The number of carbonyl (C=O) groups excluding carboxylic acids is 1. The molecule has 0 saturated carbocycles. The normalized spacial score (nSPS) is 22.2. The summed E-state index contributed by atoms with van der Waals surface area (Å²) in [6.45, 7) is 5.09. The zero-order valence-corrected chi connectivity index (χ0v) is 17.4. The van der Waals surface area contributed by atoms with Crippen molar-refractivity contribution >= 4 is 21.7 Å². The molecule has 0 unspecified atom stereocenters. The van der Waals surface area contributed by atoms with E-state index < -0.39 is 15.1 Å². The van der Waals surface area contributed by atoms with Gasteiger partial charge in [-0.15, -0.1) is 0 Å². The molecule has 0 aromatic carbocycles. The molecule has 4 heterocycles. The van der Waals surface area contributed by atoms with Crippen LogP contribution in [0.5, 0.6) is 0 Å². The Hall–Kier alpha value is -2.55. The molecule has 2 aromatic rings. The summed E-state index contributed by atoms with van der Waals surface area (Å²) in [7, 11) is -3.34. The molecule has 0 aliphatic carbocycles. The van der Waals surface area contributed by atoms with Gasteiger partial charge in [-0.05, 0) is 18.1 Å². The van der Waals surface area contributed by atoms with Gasteiger partial charge in [0.05, 0.1) is 28.9 Å². The molecule has 154 valence electrons. The number of sulfone groups is 1. The molecule has 1 N–H and O–H groups in total. The van der Waals surface area contributed by atoms with E-state index >= 15 is 0 Å². The number of likely N-dealkylation sites (tertiary alicyclic amines) is 1. The Balaban J connectivity index is 1.57. The fraction of sp³-hybridized carbons (Fsp3) is 0.500. The van der Waals surface area contributed by atoms with Crippen LogP contribution in [0.1, 0.15) is 43.1 Å². The molecule has 1 fully saturated rings. The van der Waals surface area contributed by atoms with Crippen molar-refractivity contribution in [3.05, 3.63) is 47.5 Å². The van der Waals surface area contributed by atoms with Gasteiger partial charge in [0.1, 0.15) is 0 Å². The molecule has 0 spiro atoms. The zero-order chi connectivity index (χ0) is 20.6. The van der Waals surface area contributed by atoms with Gasteiger partial charge in [-0.25, -0.2) is 18.4 Å². The summed E-state index contributed by atoms with van der Waals surface area (Å²) in [5.41, 5.74) is 2.23. The van der Waals surface area contributed by atoms with Crippen LogP contribution in [0.3, 0.4) is 0 Å². The van der Waals surface area contributed by atoms with Crippen molar-refractivity contribution in [2.75, 3.05) is 18.4 Å². The van der Waals surface area contributed by atoms with Gasteiger partial charge in [-0.2, -0.15) is 0 Å². The third-order valence-electron chi connectivity index (χ3n) is 5.42. The third-order valence-corrected chi connectivity index (χ3v) is 7.54. The smallest absolute Gasteiger partial charge is 0.223 e. The summed E-state index contributed by atoms with van der Waals surface area (Å²) < 4.78 is 25.6. The van der Waals surface area contributed by atoms with E-state index in [1.165, 1.54) is 0 Å². The van der Waals surface area contributed by atoms with Crippen LogP contribution >= 0.6 is 0 Å². The lowest BCUT2D eigenvalue weighted by atomic mass is 10.00. The largest absolute Gasteiger partial charge is 0.349 e. The summed E-state index contributed by atoms with van der Waals surface area (Å²) in [4.78, 5) is 27.4. The third kappa shape index (κ3) is 4.10. The highest BCUT2D eigenvalue weighted by molar-refractivity contribution is 7.91. The van der Waals surface area contributed by atoms with Crippen LogP contribution < -0.4 is 5.32 Å². The molecule has 0 bridgehead atoms. The minimum absolute atomic E-state index is 0.00806. The molecule has 1 saturated heterocycles. The van der Waals surface area contributed by atoms with Gasteiger partial charge < -0.3 is 10.2 Å². The van der Waals surface area contributed by atoms with Gasteiger partial charge in [0.25, 0.3) is 0 Å². The predicted molar refractivity (Wildman–Crippen MR) is 109 cm³/mol. The van der Waals surface area contributed by atoms with Crippen LogP contribution in [-0.4, -0.2) is 52.5 Å². The molecule has 2 aromatic heterocycles. The van der Waals surface area contributed by atoms with E-state index in [-0.39, 0.29) is 30.0 Å². The zero-order valence-electron chi connectivity index (χ0n) is 16.6. The average molecular weight is 416 g/mol. The van der Waals surface area contributed by atoms with E-state index in [9.17, 15) is 13.2 Å². The monoisotopic (exact) mass is 415 g/mol. The highest BCUT2D eigenvalue weighted by Crippen LogP contribution is 2.39. The van der Waals surface area contributed by atoms with Crippen LogP contribution in [-0.2, 0) is 26.9 Å². The van der Waals surface area contributed by atoms with Crippen molar-refractivity contribution in [3.8, 4) is 0 Å². The Morgan fingerprint density at radius 3 is 2.83 bits per heavy atom. The van der Waals surface area contributed by atoms with Crippen LogP contribution in [0.2, 0.25) is 0 Å². The molecule has 4 rings (SSSR count). The molecule has 9 heteroatoms. The van der Waals surface area contributed by atoms with E-state index in [2.05, 4.69) is 20.3 Å². The van der Waals surface area contributed by atoms with Gasteiger partial charge in [-0.1, -0.05) is 19.9 Å². The number of pyridine rings is 1. The Labute approximate surface area is 170 Å². The van der Waals surface area contributed by atoms with E-state index in [0.29, 0.717) is 31.0 Å². The summed E-state index contributed by atoms with van der Waals surface area (Å²) in [5, 5.41) is 2.56. The average Bonchev–Trinajstić information content (AvgIpc) is 3.14. The fourth-order valence-corrected chi connectivity index (χ4v) is 6.01. The number of hydrogen-bond acceptors (Lipinski definition) is 7. The predicted octanol–water partition coefficient (Wildman–Crippen LogP) is 1.75. The first-order valence-electron chi connectivity index (χ1n) is 9.82. The second-order valence-corrected chi connectivity index (χ2v) is 10.3. The van der Waals surface area contributed by atoms with Gasteiger partial charge in [0.15, 0.2) is 9.84 Å². The number of hydrogen-bond donors (Lipinski definition) is 1. The maximum atomic E-state index is 12.8. The highest BCUT2D eigenvalue weighted by atomic mass is 32.2. The van der Waals surface area contributed by atoms with Crippen LogP contribution in [0.25, 0.3) is 0 Å². The number of amides is 1. The molecule has 2 aliphatic heterocycles. The molecule has 2 aliphatic rings. The van der Waals surface area contributed by atoms with Crippen LogP contribution in [0.15, 0.2) is 30.6 Å². The lowest BCUT2D eigenvalue weighted by molar-refractivity contribution is -0.130. The van der Waals surface area contributed by atoms with E-state index in [1.54, 1.807) is 17.3 Å². The topological polar surface area (TPSA) is 105 Å². The van der Waals surface area contributed by atoms with E-state index in [1.807, 2.05) is 32.0 Å². The van der Waals surface area contributed by atoms with Crippen molar-refractivity contribution in [1.82, 2.24) is 19.9 Å². The number of aromatic nitrogens is 3. The number of anilines is 1. The van der Waals surface area contributed by atoms with Crippen molar-refractivity contribution in [2.24, 2.45) is 5.92 Å². The first kappa shape index (κ1) is 19.8. The molecule has 29 heavy (non-hydrogen) atoms. The molecule has 2 atom stereocenters. The van der Waals surface area contributed by atoms with Gasteiger partial charge in [0, 0.05) is 43.4 Å². The standard InChI is InChI=1S/C20H25N5O3S/c1-13(2)7-18(26)25-10-16-17(11-25)29(27,28)12-14-8-22-20(24-19(14)16)23-9-15-5-3-4-6-21-15/h3-6,8,13,16-17H,7,9-12H2,1-2H3,(H,22,23,24)/t16-,17+/m0/s1. The van der Waals surface area contributed by atoms with Crippen molar-refractivity contribution in [1.29, 1.82) is 0 Å². The summed E-state index contributed by atoms with van der Waals surface area (Å²) in [6.07, 6.45) is 3.74. The van der Waals surface area contributed by atoms with Crippen LogP contribution in [0.4, 0.5) is 5.95 Å². The number of nitrogens with zero attached hydrogens (tertiary/aromatic N) is 4. The van der Waals surface area contributed by atoms with Crippen molar-refractivity contribution < 1.29 is 13.2 Å². The Bertz CT molecular complexity index is 1010. The molecule has 8 nitrogen and oxygen atoms in total. The van der Waals surface area contributed by atoms with Gasteiger partial charge in [0.2, 0.25) is 11.9 Å².